The third kappa shape index (κ3) is 3.61. The molecule has 4 rings (SSSR count). The number of rotatable bonds is 4. The summed E-state index contributed by atoms with van der Waals surface area (Å²) in [5, 5.41) is 11.4. The van der Waals surface area contributed by atoms with Crippen LogP contribution in [0, 0.1) is 20.8 Å². The van der Waals surface area contributed by atoms with E-state index in [2.05, 4.69) is 60.7 Å². The third-order valence-electron chi connectivity index (χ3n) is 6.17. The van der Waals surface area contributed by atoms with Gasteiger partial charge < -0.3 is 19.3 Å². The minimum atomic E-state index is -1.06. The lowest BCUT2D eigenvalue weighted by Gasteiger charge is -2.34. The van der Waals surface area contributed by atoms with Crippen LogP contribution in [0.2, 0.25) is 0 Å². The Morgan fingerprint density at radius 1 is 1.10 bits per heavy atom. The molecule has 0 unspecified atom stereocenters. The van der Waals surface area contributed by atoms with E-state index in [-0.39, 0.29) is 0 Å². The number of anilines is 1. The summed E-state index contributed by atoms with van der Waals surface area (Å²) in [5.74, 6) is -0.965. The molecule has 0 fully saturated rings. The second kappa shape index (κ2) is 7.41. The number of hydrogen-bond donors (Lipinski definition) is 1. The zero-order chi connectivity index (χ0) is 22.7. The van der Waals surface area contributed by atoms with Crippen molar-refractivity contribution in [1.29, 1.82) is 0 Å². The van der Waals surface area contributed by atoms with Gasteiger partial charge in [0.1, 0.15) is 0 Å². The van der Waals surface area contributed by atoms with Crippen molar-refractivity contribution in [2.24, 2.45) is 0 Å². The summed E-state index contributed by atoms with van der Waals surface area (Å²) in [4.78, 5) is 14.8. The third-order valence-corrected chi connectivity index (χ3v) is 6.17. The molecule has 0 bridgehead atoms. The topological polar surface area (TPSA) is 54.7 Å². The van der Waals surface area contributed by atoms with Crippen molar-refractivity contribution >= 4 is 22.6 Å². The summed E-state index contributed by atoms with van der Waals surface area (Å²) in [5.41, 5.74) is 7.76. The second-order valence-electron chi connectivity index (χ2n) is 9.70. The monoisotopic (exact) mass is 420 g/mol. The molecule has 3 aromatic rings. The number of aromatic nitrogens is 1. The molecule has 5 heteroatoms. The maximum atomic E-state index is 12.5. The van der Waals surface area contributed by atoms with E-state index < -0.39 is 17.7 Å². The van der Waals surface area contributed by atoms with E-state index in [4.69, 9.17) is 4.74 Å². The first-order valence-corrected chi connectivity index (χ1v) is 10.8. The largest absolute Gasteiger partial charge is 0.479 e. The molecule has 0 saturated carbocycles. The zero-order valence-electron chi connectivity index (χ0n) is 19.5. The average molecular weight is 421 g/mol. The highest BCUT2D eigenvalue weighted by atomic mass is 16.5. The van der Waals surface area contributed by atoms with Crippen molar-refractivity contribution in [2.75, 3.05) is 18.5 Å². The predicted molar refractivity (Wildman–Crippen MR) is 126 cm³/mol. The first kappa shape index (κ1) is 21.4. The minimum absolute atomic E-state index is 0.597. The van der Waals surface area contributed by atoms with Crippen molar-refractivity contribution in [3.8, 4) is 11.1 Å². The van der Waals surface area contributed by atoms with Crippen molar-refractivity contribution < 1.29 is 14.6 Å². The highest BCUT2D eigenvalue weighted by molar-refractivity contribution is 6.07. The van der Waals surface area contributed by atoms with Crippen molar-refractivity contribution in [3.05, 3.63) is 52.7 Å². The van der Waals surface area contributed by atoms with E-state index in [0.717, 1.165) is 46.4 Å². The van der Waals surface area contributed by atoms with Gasteiger partial charge in [-0.1, -0.05) is 29.8 Å². The van der Waals surface area contributed by atoms with E-state index in [1.54, 1.807) is 0 Å². The van der Waals surface area contributed by atoms with E-state index >= 15 is 0 Å². The number of nitrogens with zero attached hydrogens (tertiary/aromatic N) is 2. The SMILES string of the molecule is Cc1ccc(-c2c([C@H](OC(C)(C)C)C(=O)O)c(C)c3c4c2cc(C)n4CCN3C)cc1. The van der Waals surface area contributed by atoms with Gasteiger partial charge in [0.05, 0.1) is 16.8 Å². The Morgan fingerprint density at radius 3 is 2.32 bits per heavy atom. The molecular formula is C26H32N2O3. The van der Waals surface area contributed by atoms with E-state index in [9.17, 15) is 9.90 Å². The Labute approximate surface area is 184 Å². The van der Waals surface area contributed by atoms with E-state index in [1.165, 1.54) is 16.8 Å². The minimum Gasteiger partial charge on any atom is -0.479 e. The molecule has 2 heterocycles. The molecule has 0 saturated heterocycles. The average Bonchev–Trinajstić information content (AvgIpc) is 3.00. The van der Waals surface area contributed by atoms with Gasteiger partial charge in [-0.15, -0.1) is 0 Å². The number of hydrogen-bond acceptors (Lipinski definition) is 3. The maximum absolute atomic E-state index is 12.5. The fraction of sp³-hybridized carbons (Fsp3) is 0.423. The number of carboxylic acids is 1. The molecule has 1 aliphatic rings. The maximum Gasteiger partial charge on any atom is 0.337 e. The normalized spacial score (nSPS) is 14.9. The fourth-order valence-corrected chi connectivity index (χ4v) is 4.82. The first-order chi connectivity index (χ1) is 14.5. The molecule has 0 spiro atoms. The lowest BCUT2D eigenvalue weighted by molar-refractivity contribution is -0.160. The Morgan fingerprint density at radius 2 is 1.74 bits per heavy atom. The summed E-state index contributed by atoms with van der Waals surface area (Å²) >= 11 is 0. The van der Waals surface area contributed by atoms with Gasteiger partial charge in [0, 0.05) is 36.8 Å². The van der Waals surface area contributed by atoms with Crippen LogP contribution in [0.4, 0.5) is 5.69 Å². The number of carboxylic acid groups (broad SMARTS) is 1. The summed E-state index contributed by atoms with van der Waals surface area (Å²) in [6.45, 7) is 13.7. The van der Waals surface area contributed by atoms with Crippen molar-refractivity contribution in [3.63, 3.8) is 0 Å². The van der Waals surface area contributed by atoms with Crippen LogP contribution in [-0.4, -0.2) is 34.8 Å². The Bertz CT molecular complexity index is 1170. The lowest BCUT2D eigenvalue weighted by Crippen LogP contribution is -2.31. The number of benzene rings is 2. The van der Waals surface area contributed by atoms with Crippen LogP contribution in [0.5, 0.6) is 0 Å². The molecule has 1 N–H and O–H groups in total. The van der Waals surface area contributed by atoms with Gasteiger partial charge in [-0.2, -0.15) is 0 Å². The Kier molecular flexibility index (Phi) is 5.13. The predicted octanol–water partition coefficient (Wildman–Crippen LogP) is 5.62. The fourth-order valence-electron chi connectivity index (χ4n) is 4.82. The highest BCUT2D eigenvalue weighted by Gasteiger charge is 2.35. The van der Waals surface area contributed by atoms with Crippen LogP contribution in [0.15, 0.2) is 30.3 Å². The zero-order valence-corrected chi connectivity index (χ0v) is 19.5. The molecule has 0 radical (unpaired) electrons. The molecule has 31 heavy (non-hydrogen) atoms. The van der Waals surface area contributed by atoms with Crippen LogP contribution >= 0.6 is 0 Å². The lowest BCUT2D eigenvalue weighted by atomic mass is 9.87. The van der Waals surface area contributed by atoms with Crippen LogP contribution < -0.4 is 4.90 Å². The van der Waals surface area contributed by atoms with E-state index in [0.29, 0.717) is 0 Å². The Hall–Kier alpha value is -2.79. The molecule has 1 aliphatic heterocycles. The van der Waals surface area contributed by atoms with Gasteiger partial charge in [0.25, 0.3) is 0 Å². The number of likely N-dealkylation sites (N-methyl/N-ethyl adjacent to an activating group) is 1. The van der Waals surface area contributed by atoms with Gasteiger partial charge in [-0.05, 0) is 64.3 Å². The van der Waals surface area contributed by atoms with Crippen LogP contribution in [0.25, 0.3) is 22.0 Å². The molecule has 0 amide bonds. The van der Waals surface area contributed by atoms with Gasteiger partial charge in [0.15, 0.2) is 6.10 Å². The van der Waals surface area contributed by atoms with Gasteiger partial charge in [-0.3, -0.25) is 0 Å². The molecule has 1 aromatic heterocycles. The van der Waals surface area contributed by atoms with Crippen molar-refractivity contribution in [2.45, 2.75) is 59.8 Å². The number of carbonyl (C=O) groups is 1. The van der Waals surface area contributed by atoms with Gasteiger partial charge in [-0.25, -0.2) is 4.79 Å². The molecule has 2 aromatic carbocycles. The van der Waals surface area contributed by atoms with Crippen LogP contribution in [-0.2, 0) is 16.1 Å². The molecular weight excluding hydrogens is 388 g/mol. The van der Waals surface area contributed by atoms with Gasteiger partial charge >= 0.3 is 5.97 Å². The van der Waals surface area contributed by atoms with E-state index in [1.807, 2.05) is 27.7 Å². The quantitative estimate of drug-likeness (QED) is 0.595. The van der Waals surface area contributed by atoms with Crippen molar-refractivity contribution in [1.82, 2.24) is 4.57 Å². The molecule has 5 nitrogen and oxygen atoms in total. The standard InChI is InChI=1S/C26H32N2O3/c1-15-8-10-18(11-9-15)21-19-14-16(2)28-13-12-27(7)22(23(19)28)17(3)20(21)24(25(29)30)31-26(4,5)6/h8-11,14,24H,12-13H2,1-7H3,(H,29,30)/t24-/m0/s1. The number of aliphatic carboxylic acids is 1. The summed E-state index contributed by atoms with van der Waals surface area (Å²) in [6.07, 6.45) is -1.06. The van der Waals surface area contributed by atoms with Gasteiger partial charge in [0.2, 0.25) is 0 Å². The number of ether oxygens (including phenoxy) is 1. The van der Waals surface area contributed by atoms with Crippen LogP contribution in [0.3, 0.4) is 0 Å². The smallest absolute Gasteiger partial charge is 0.337 e. The Balaban J connectivity index is 2.16. The molecule has 1 atom stereocenters. The number of aryl methyl sites for hydroxylation is 2. The highest BCUT2D eigenvalue weighted by Crippen LogP contribution is 2.47. The molecule has 0 aliphatic carbocycles. The first-order valence-electron chi connectivity index (χ1n) is 10.8. The molecule has 164 valence electrons. The summed E-state index contributed by atoms with van der Waals surface area (Å²) < 4.78 is 8.53. The van der Waals surface area contributed by atoms with Crippen LogP contribution in [0.1, 0.15) is 49.3 Å². The summed E-state index contributed by atoms with van der Waals surface area (Å²) in [7, 11) is 2.09. The summed E-state index contributed by atoms with van der Waals surface area (Å²) in [6, 6.07) is 10.5. The second-order valence-corrected chi connectivity index (χ2v) is 9.70.